The van der Waals surface area contributed by atoms with E-state index in [9.17, 15) is 4.79 Å². The topological polar surface area (TPSA) is 30.0 Å². The number of hydrogen-bond acceptors (Lipinski definition) is 2. The Morgan fingerprint density at radius 3 is 2.16 bits per heavy atom. The quantitative estimate of drug-likeness (QED) is 0.801. The standard InChI is InChI=1S/C15H14ClNOSe/c1-15(14(18)19-2,12-7-9-17-10-8-12)11-3-5-13(16)6-4-11/h3-10H,1-2H3. The van der Waals surface area contributed by atoms with Gasteiger partial charge in [-0.15, -0.1) is 0 Å². The van der Waals surface area contributed by atoms with Crippen molar-refractivity contribution >= 4 is 31.2 Å². The molecule has 1 heterocycles. The van der Waals surface area contributed by atoms with Gasteiger partial charge >= 0.3 is 124 Å². The fourth-order valence-corrected chi connectivity index (χ4v) is 3.55. The second-order valence-electron chi connectivity index (χ2n) is 4.36. The van der Waals surface area contributed by atoms with Crippen LogP contribution in [0.25, 0.3) is 0 Å². The van der Waals surface area contributed by atoms with Crippen molar-refractivity contribution in [3.63, 3.8) is 0 Å². The molecule has 0 saturated heterocycles. The summed E-state index contributed by atoms with van der Waals surface area (Å²) in [7, 11) is 0. The maximum atomic E-state index is 12.5. The van der Waals surface area contributed by atoms with Gasteiger partial charge in [0.05, 0.1) is 0 Å². The number of rotatable bonds is 4. The Morgan fingerprint density at radius 2 is 1.63 bits per heavy atom. The van der Waals surface area contributed by atoms with Gasteiger partial charge in [0, 0.05) is 0 Å². The van der Waals surface area contributed by atoms with E-state index >= 15 is 0 Å². The molecule has 0 N–H and O–H groups in total. The van der Waals surface area contributed by atoms with Crippen LogP contribution in [0.4, 0.5) is 0 Å². The van der Waals surface area contributed by atoms with Crippen molar-refractivity contribution in [2.45, 2.75) is 18.2 Å². The fourth-order valence-electron chi connectivity index (χ4n) is 2.07. The molecule has 0 saturated carbocycles. The normalized spacial score (nSPS) is 13.8. The number of pyridine rings is 1. The van der Waals surface area contributed by atoms with Crippen LogP contribution >= 0.6 is 11.6 Å². The minimum absolute atomic E-state index is 0.0718. The average molecular weight is 339 g/mol. The molecule has 0 aliphatic rings. The molecule has 98 valence electrons. The molecule has 1 atom stereocenters. The summed E-state index contributed by atoms with van der Waals surface area (Å²) in [6.07, 6.45) is 3.44. The van der Waals surface area contributed by atoms with Crippen molar-refractivity contribution < 1.29 is 4.79 Å². The van der Waals surface area contributed by atoms with Gasteiger partial charge in [-0.2, -0.15) is 0 Å². The first-order chi connectivity index (χ1) is 9.09. The third-order valence-corrected chi connectivity index (χ3v) is 5.16. The van der Waals surface area contributed by atoms with Crippen LogP contribution in [-0.2, 0) is 10.2 Å². The van der Waals surface area contributed by atoms with Crippen molar-refractivity contribution in [3.05, 3.63) is 64.9 Å². The molecule has 0 spiro atoms. The SMILES string of the molecule is C[Se]C(=O)C(C)(c1ccncc1)c1ccc(Cl)cc1. The molecule has 0 radical (unpaired) electrons. The third-order valence-electron chi connectivity index (χ3n) is 3.27. The molecule has 1 aromatic heterocycles. The summed E-state index contributed by atoms with van der Waals surface area (Å²) in [6.45, 7) is 1.97. The predicted molar refractivity (Wildman–Crippen MR) is 78.8 cm³/mol. The molecule has 0 bridgehead atoms. The van der Waals surface area contributed by atoms with Gasteiger partial charge in [-0.1, -0.05) is 0 Å². The summed E-state index contributed by atoms with van der Waals surface area (Å²) in [6, 6.07) is 11.3. The first-order valence-corrected chi connectivity index (χ1v) is 8.78. The van der Waals surface area contributed by atoms with Crippen LogP contribution in [0, 0.1) is 0 Å². The van der Waals surface area contributed by atoms with Crippen molar-refractivity contribution in [2.24, 2.45) is 0 Å². The van der Waals surface area contributed by atoms with E-state index in [2.05, 4.69) is 4.98 Å². The van der Waals surface area contributed by atoms with Crippen molar-refractivity contribution in [1.82, 2.24) is 4.98 Å². The van der Waals surface area contributed by atoms with Crippen LogP contribution in [0.3, 0.4) is 0 Å². The van der Waals surface area contributed by atoms with Gasteiger partial charge in [0.1, 0.15) is 0 Å². The summed E-state index contributed by atoms with van der Waals surface area (Å²) >= 11 is 5.86. The van der Waals surface area contributed by atoms with Gasteiger partial charge in [-0.05, 0) is 0 Å². The number of benzene rings is 1. The summed E-state index contributed by atoms with van der Waals surface area (Å²) in [5.74, 6) is 1.95. The molecule has 2 rings (SSSR count). The monoisotopic (exact) mass is 339 g/mol. The minimum atomic E-state index is -0.623. The summed E-state index contributed by atoms with van der Waals surface area (Å²) in [5, 5.41) is 0.676. The van der Waals surface area contributed by atoms with E-state index in [1.165, 1.54) is 0 Å². The van der Waals surface area contributed by atoms with Crippen molar-refractivity contribution in [2.75, 3.05) is 0 Å². The van der Waals surface area contributed by atoms with Gasteiger partial charge in [0.2, 0.25) is 0 Å². The Hall–Kier alpha value is -1.15. The Labute approximate surface area is 124 Å². The summed E-state index contributed by atoms with van der Waals surface area (Å²) < 4.78 is 0.244. The van der Waals surface area contributed by atoms with Crippen LogP contribution in [0.1, 0.15) is 18.1 Å². The Morgan fingerprint density at radius 1 is 1.11 bits per heavy atom. The molecular formula is C15H14ClNOSe. The number of nitrogens with zero attached hydrogens (tertiary/aromatic N) is 1. The molecule has 0 aliphatic heterocycles. The Kier molecular flexibility index (Phi) is 4.41. The van der Waals surface area contributed by atoms with Crippen LogP contribution in [0.15, 0.2) is 48.8 Å². The van der Waals surface area contributed by atoms with Crippen LogP contribution < -0.4 is 0 Å². The second-order valence-corrected chi connectivity index (χ2v) is 6.43. The molecule has 1 unspecified atom stereocenters. The second kappa shape index (κ2) is 5.87. The van der Waals surface area contributed by atoms with E-state index in [1.807, 2.05) is 49.1 Å². The zero-order chi connectivity index (χ0) is 13.9. The van der Waals surface area contributed by atoms with Gasteiger partial charge in [-0.25, -0.2) is 0 Å². The van der Waals surface area contributed by atoms with E-state index in [-0.39, 0.29) is 19.6 Å². The first kappa shape index (κ1) is 14.3. The number of aromatic nitrogens is 1. The van der Waals surface area contributed by atoms with E-state index in [4.69, 9.17) is 11.6 Å². The van der Waals surface area contributed by atoms with Crippen molar-refractivity contribution in [1.29, 1.82) is 0 Å². The zero-order valence-electron chi connectivity index (χ0n) is 10.8. The Balaban J connectivity index is 2.58. The van der Waals surface area contributed by atoms with E-state index in [0.717, 1.165) is 11.1 Å². The fraction of sp³-hybridized carbons (Fsp3) is 0.200. The van der Waals surface area contributed by atoms with Gasteiger partial charge in [0.15, 0.2) is 0 Å². The number of carbonyl (C=O) groups is 1. The van der Waals surface area contributed by atoms with Crippen LogP contribution in [0.5, 0.6) is 0 Å². The molecule has 1 aromatic carbocycles. The maximum absolute atomic E-state index is 12.5. The van der Waals surface area contributed by atoms with E-state index in [1.54, 1.807) is 12.4 Å². The molecule has 2 aromatic rings. The number of halogens is 1. The molecule has 19 heavy (non-hydrogen) atoms. The molecule has 0 amide bonds. The molecule has 2 nitrogen and oxygen atoms in total. The number of hydrogen-bond donors (Lipinski definition) is 0. The number of carbonyl (C=O) groups excluding carboxylic acids is 1. The van der Waals surface area contributed by atoms with Gasteiger partial charge < -0.3 is 0 Å². The Bertz CT molecular complexity index is 570. The van der Waals surface area contributed by atoms with E-state index < -0.39 is 5.41 Å². The molecule has 0 aliphatic carbocycles. The summed E-state index contributed by atoms with van der Waals surface area (Å²) in [4.78, 5) is 16.5. The molecule has 4 heteroatoms. The van der Waals surface area contributed by atoms with Crippen molar-refractivity contribution in [3.8, 4) is 0 Å². The zero-order valence-corrected chi connectivity index (χ0v) is 13.2. The molecule has 0 fully saturated rings. The van der Waals surface area contributed by atoms with Crippen LogP contribution in [-0.4, -0.2) is 24.6 Å². The first-order valence-electron chi connectivity index (χ1n) is 5.84. The van der Waals surface area contributed by atoms with Gasteiger partial charge in [0.25, 0.3) is 0 Å². The van der Waals surface area contributed by atoms with Crippen LogP contribution in [0.2, 0.25) is 10.8 Å². The molecular weight excluding hydrogens is 325 g/mol. The van der Waals surface area contributed by atoms with Gasteiger partial charge in [-0.3, -0.25) is 0 Å². The predicted octanol–water partition coefficient (Wildman–Crippen LogP) is 3.32. The van der Waals surface area contributed by atoms with E-state index in [0.29, 0.717) is 5.02 Å². The summed E-state index contributed by atoms with van der Waals surface area (Å²) in [5.41, 5.74) is 1.32. The average Bonchev–Trinajstić information content (AvgIpc) is 2.47. The third kappa shape index (κ3) is 2.74.